The first-order valence-corrected chi connectivity index (χ1v) is 8.98. The number of rotatable bonds is 9. The fraction of sp³-hybridized carbons (Fsp3) is 0.450. The van der Waals surface area contributed by atoms with E-state index in [9.17, 15) is 14.4 Å². The first kappa shape index (κ1) is 20.8. The quantitative estimate of drug-likeness (QED) is 0.216. The average Bonchev–Trinajstić information content (AvgIpc) is 2.70. The van der Waals surface area contributed by atoms with Gasteiger partial charge in [0, 0.05) is 12.2 Å². The highest BCUT2D eigenvalue weighted by atomic mass is 16.6. The third-order valence-corrected chi connectivity index (χ3v) is 4.13. The van der Waals surface area contributed by atoms with E-state index in [-0.39, 0.29) is 26.4 Å². The maximum atomic E-state index is 13.1. The largest absolute Gasteiger partial charge is 0.459 e. The zero-order valence-corrected chi connectivity index (χ0v) is 15.5. The van der Waals surface area contributed by atoms with Gasteiger partial charge in [-0.3, -0.25) is 14.5 Å². The predicted octanol–water partition coefficient (Wildman–Crippen LogP) is 1.97. The molecule has 1 unspecified atom stereocenters. The van der Waals surface area contributed by atoms with Crippen LogP contribution in [0.1, 0.15) is 30.1 Å². The van der Waals surface area contributed by atoms with Gasteiger partial charge < -0.3 is 14.2 Å². The summed E-state index contributed by atoms with van der Waals surface area (Å²) in [6.07, 6.45) is 3.07. The number of carbonyl (C=O) groups is 3. The molecule has 0 aliphatic carbocycles. The molecule has 1 aromatic carbocycles. The predicted molar refractivity (Wildman–Crippen MR) is 98.1 cm³/mol. The van der Waals surface area contributed by atoms with Gasteiger partial charge >= 0.3 is 5.97 Å². The van der Waals surface area contributed by atoms with E-state index in [1.165, 1.54) is 6.08 Å². The molecule has 7 nitrogen and oxygen atoms in total. The van der Waals surface area contributed by atoms with Crippen LogP contribution in [0, 0.1) is 0 Å². The minimum absolute atomic E-state index is 0.0185. The normalized spacial score (nSPS) is 19.6. The number of hydrogen-bond acceptors (Lipinski definition) is 6. The Kier molecular flexibility index (Phi) is 7.69. The highest BCUT2D eigenvalue weighted by Crippen LogP contribution is 2.24. The lowest BCUT2D eigenvalue weighted by Gasteiger charge is -2.38. The number of hydrogen-bond donors (Lipinski definition) is 0. The molecule has 0 bridgehead atoms. The number of morpholine rings is 1. The highest BCUT2D eigenvalue weighted by Gasteiger charge is 2.55. The summed E-state index contributed by atoms with van der Waals surface area (Å²) in [5.41, 5.74) is -1.63. The lowest BCUT2D eigenvalue weighted by Crippen LogP contribution is -2.64. The van der Waals surface area contributed by atoms with E-state index >= 15 is 0 Å². The average molecular weight is 375 g/mol. The second-order valence-electron chi connectivity index (χ2n) is 6.10. The van der Waals surface area contributed by atoms with Gasteiger partial charge in [0.1, 0.15) is 6.61 Å². The van der Waals surface area contributed by atoms with Crippen molar-refractivity contribution in [3.63, 3.8) is 0 Å². The molecule has 0 aromatic heterocycles. The van der Waals surface area contributed by atoms with Crippen LogP contribution < -0.4 is 0 Å². The fourth-order valence-corrected chi connectivity index (χ4v) is 2.64. The lowest BCUT2D eigenvalue weighted by atomic mass is 10.0. The molecule has 0 spiro atoms. The van der Waals surface area contributed by atoms with E-state index in [2.05, 4.69) is 6.58 Å². The first-order chi connectivity index (χ1) is 13.1. The zero-order chi connectivity index (χ0) is 19.7. The molecule has 7 heteroatoms. The van der Waals surface area contributed by atoms with Gasteiger partial charge in [0.25, 0.3) is 17.4 Å². The van der Waals surface area contributed by atoms with Gasteiger partial charge in [0.2, 0.25) is 0 Å². The standard InChI is InChI=1S/C20H25NO6/c1-3-5-13-25-15-20(19(24)26-12-4-2)18(23)21(11-14-27-20)17(22)16-9-7-6-8-10-16/h4,6-10H,2-3,5,11-15H2,1H3. The van der Waals surface area contributed by atoms with Gasteiger partial charge in [0.15, 0.2) is 0 Å². The Bertz CT molecular complexity index is 674. The Morgan fingerprint density at radius 2 is 2.07 bits per heavy atom. The molecule has 1 heterocycles. The molecule has 2 rings (SSSR count). The molecule has 146 valence electrons. The van der Waals surface area contributed by atoms with Gasteiger partial charge in [-0.25, -0.2) is 4.79 Å². The van der Waals surface area contributed by atoms with Crippen LogP contribution >= 0.6 is 0 Å². The molecule has 0 N–H and O–H groups in total. The van der Waals surface area contributed by atoms with Crippen molar-refractivity contribution in [2.24, 2.45) is 0 Å². The molecule has 1 aromatic rings. The van der Waals surface area contributed by atoms with Gasteiger partial charge in [-0.1, -0.05) is 44.2 Å². The van der Waals surface area contributed by atoms with Crippen molar-refractivity contribution in [3.05, 3.63) is 48.6 Å². The molecule has 0 saturated carbocycles. The molecule has 27 heavy (non-hydrogen) atoms. The van der Waals surface area contributed by atoms with E-state index in [0.717, 1.165) is 17.7 Å². The summed E-state index contributed by atoms with van der Waals surface area (Å²) in [7, 11) is 0. The van der Waals surface area contributed by atoms with Crippen molar-refractivity contribution < 1.29 is 28.6 Å². The van der Waals surface area contributed by atoms with Crippen molar-refractivity contribution in [2.45, 2.75) is 25.4 Å². The second kappa shape index (κ2) is 9.99. The van der Waals surface area contributed by atoms with Crippen molar-refractivity contribution in [3.8, 4) is 0 Å². The summed E-state index contributed by atoms with van der Waals surface area (Å²) in [5.74, 6) is -2.14. The smallest absolute Gasteiger partial charge is 0.351 e. The molecule has 2 amide bonds. The van der Waals surface area contributed by atoms with Gasteiger partial charge in [-0.05, 0) is 18.6 Å². The fourth-order valence-electron chi connectivity index (χ4n) is 2.64. The zero-order valence-electron chi connectivity index (χ0n) is 15.5. The van der Waals surface area contributed by atoms with Crippen LogP contribution in [0.5, 0.6) is 0 Å². The first-order valence-electron chi connectivity index (χ1n) is 8.98. The Morgan fingerprint density at radius 3 is 2.74 bits per heavy atom. The van der Waals surface area contributed by atoms with Gasteiger partial charge in [0.05, 0.1) is 19.8 Å². The van der Waals surface area contributed by atoms with E-state index in [1.807, 2.05) is 6.92 Å². The van der Waals surface area contributed by atoms with Gasteiger partial charge in [-0.15, -0.1) is 0 Å². The van der Waals surface area contributed by atoms with Crippen LogP contribution in [0.2, 0.25) is 0 Å². The number of ether oxygens (including phenoxy) is 3. The summed E-state index contributed by atoms with van der Waals surface area (Å²) in [6, 6.07) is 8.41. The van der Waals surface area contributed by atoms with Gasteiger partial charge in [-0.2, -0.15) is 0 Å². The minimum Gasteiger partial charge on any atom is -0.459 e. The maximum absolute atomic E-state index is 13.1. The van der Waals surface area contributed by atoms with E-state index in [4.69, 9.17) is 14.2 Å². The SMILES string of the molecule is C=CCOC(=O)C1(COCCCC)OCCN(C(=O)c2ccccc2)C1=O. The van der Waals surface area contributed by atoms with Crippen molar-refractivity contribution in [1.82, 2.24) is 4.90 Å². The van der Waals surface area contributed by atoms with Crippen LogP contribution in [0.3, 0.4) is 0 Å². The monoisotopic (exact) mass is 375 g/mol. The number of imide groups is 1. The maximum Gasteiger partial charge on any atom is 0.351 e. The third-order valence-electron chi connectivity index (χ3n) is 4.13. The number of benzene rings is 1. The Hall–Kier alpha value is -2.51. The van der Waals surface area contributed by atoms with Crippen LogP contribution in [-0.4, -0.2) is 61.3 Å². The highest BCUT2D eigenvalue weighted by molar-refractivity contribution is 6.15. The molecule has 1 atom stereocenters. The molecule has 0 radical (unpaired) electrons. The molecule has 1 aliphatic rings. The number of unbranched alkanes of at least 4 members (excludes halogenated alkanes) is 1. The van der Waals surface area contributed by atoms with E-state index < -0.39 is 23.4 Å². The molecular weight excluding hydrogens is 350 g/mol. The van der Waals surface area contributed by atoms with Crippen molar-refractivity contribution in [1.29, 1.82) is 0 Å². The van der Waals surface area contributed by atoms with E-state index in [0.29, 0.717) is 12.2 Å². The Labute approximate surface area is 158 Å². The Balaban J connectivity index is 2.25. The number of esters is 1. The van der Waals surface area contributed by atoms with Crippen LogP contribution in [0.25, 0.3) is 0 Å². The topological polar surface area (TPSA) is 82.1 Å². The Morgan fingerprint density at radius 1 is 1.33 bits per heavy atom. The molecule has 1 saturated heterocycles. The molecule has 1 aliphatic heterocycles. The summed E-state index contributed by atoms with van der Waals surface area (Å²) < 4.78 is 16.1. The number of carbonyl (C=O) groups excluding carboxylic acids is 3. The summed E-state index contributed by atoms with van der Waals surface area (Å²) in [4.78, 5) is 39.5. The van der Waals surface area contributed by atoms with Crippen LogP contribution in [-0.2, 0) is 23.8 Å². The molecule has 1 fully saturated rings. The third kappa shape index (κ3) is 4.81. The van der Waals surface area contributed by atoms with Crippen molar-refractivity contribution in [2.75, 3.05) is 33.0 Å². The van der Waals surface area contributed by atoms with E-state index in [1.54, 1.807) is 30.3 Å². The molecular formula is C20H25NO6. The summed E-state index contributed by atoms with van der Waals surface area (Å²) in [6.45, 7) is 5.56. The number of amides is 2. The summed E-state index contributed by atoms with van der Waals surface area (Å²) >= 11 is 0. The minimum atomic E-state index is -1.99. The van der Waals surface area contributed by atoms with Crippen LogP contribution in [0.4, 0.5) is 0 Å². The summed E-state index contributed by atoms with van der Waals surface area (Å²) in [5, 5.41) is 0. The number of nitrogens with zero attached hydrogens (tertiary/aromatic N) is 1. The van der Waals surface area contributed by atoms with Crippen molar-refractivity contribution >= 4 is 17.8 Å². The van der Waals surface area contributed by atoms with Crippen LogP contribution in [0.15, 0.2) is 43.0 Å². The second-order valence-corrected chi connectivity index (χ2v) is 6.10. The lowest BCUT2D eigenvalue weighted by molar-refractivity contribution is -0.197.